The van der Waals surface area contributed by atoms with Gasteiger partial charge in [0.15, 0.2) is 4.34 Å². The zero-order valence-electron chi connectivity index (χ0n) is 9.96. The first-order valence-electron chi connectivity index (χ1n) is 5.36. The Kier molecular flexibility index (Phi) is 4.62. The summed E-state index contributed by atoms with van der Waals surface area (Å²) >= 11 is 8.54. The van der Waals surface area contributed by atoms with Crippen LogP contribution in [0.5, 0.6) is 0 Å². The van der Waals surface area contributed by atoms with Crippen LogP contribution in [0.1, 0.15) is 6.92 Å². The molecule has 0 unspecified atom stereocenters. The lowest BCUT2D eigenvalue weighted by Crippen LogP contribution is -2.22. The van der Waals surface area contributed by atoms with Gasteiger partial charge in [-0.15, -0.1) is 10.2 Å². The number of aromatic nitrogens is 2. The highest BCUT2D eigenvalue weighted by Crippen LogP contribution is 2.30. The Balaban J connectivity index is 2.03. The van der Waals surface area contributed by atoms with Crippen LogP contribution in [-0.2, 0) is 4.79 Å². The molecule has 1 aromatic heterocycles. The van der Waals surface area contributed by atoms with Crippen LogP contribution in [0.4, 0.5) is 10.8 Å². The molecule has 8 heteroatoms. The van der Waals surface area contributed by atoms with Gasteiger partial charge in [-0.2, -0.15) is 0 Å². The second-order valence-electron chi connectivity index (χ2n) is 3.67. The van der Waals surface area contributed by atoms with E-state index in [4.69, 9.17) is 17.3 Å². The number of carbonyl (C=O) groups excluding carboxylic acids is 1. The van der Waals surface area contributed by atoms with Crippen LogP contribution in [-0.4, -0.2) is 21.4 Å². The molecule has 0 saturated heterocycles. The maximum Gasteiger partial charge on any atom is 0.230 e. The Morgan fingerprint density at radius 2 is 2.32 bits per heavy atom. The lowest BCUT2D eigenvalue weighted by molar-refractivity contribution is -0.117. The van der Waals surface area contributed by atoms with E-state index in [9.17, 15) is 4.79 Å². The van der Waals surface area contributed by atoms with E-state index in [0.717, 1.165) is 5.69 Å². The fourth-order valence-electron chi connectivity index (χ4n) is 1.21. The van der Waals surface area contributed by atoms with Crippen LogP contribution in [0.25, 0.3) is 0 Å². The smallest absolute Gasteiger partial charge is 0.230 e. The molecule has 19 heavy (non-hydrogen) atoms. The zero-order valence-corrected chi connectivity index (χ0v) is 12.4. The summed E-state index contributed by atoms with van der Waals surface area (Å²) in [4.78, 5) is 11.0. The fourth-order valence-corrected chi connectivity index (χ4v) is 3.26. The van der Waals surface area contributed by atoms with Crippen molar-refractivity contribution < 1.29 is 4.79 Å². The molecule has 0 fully saturated rings. The number of halogens is 1. The first kappa shape index (κ1) is 14.1. The van der Waals surface area contributed by atoms with Crippen LogP contribution in [0.3, 0.4) is 0 Å². The largest absolute Gasteiger partial charge is 0.369 e. The van der Waals surface area contributed by atoms with Gasteiger partial charge in [0.2, 0.25) is 11.0 Å². The summed E-state index contributed by atoms with van der Waals surface area (Å²) in [5.41, 5.74) is 6.03. The van der Waals surface area contributed by atoms with Gasteiger partial charge in [0, 0.05) is 10.7 Å². The molecule has 5 nitrogen and oxygen atoms in total. The second-order valence-corrected chi connectivity index (χ2v) is 6.67. The number of hydrogen-bond donors (Lipinski definition) is 2. The van der Waals surface area contributed by atoms with Crippen molar-refractivity contribution in [3.63, 3.8) is 0 Å². The number of thioether (sulfide) groups is 1. The normalized spacial score (nSPS) is 12.1. The van der Waals surface area contributed by atoms with Crippen molar-refractivity contribution in [2.45, 2.75) is 16.5 Å². The molecule has 0 aliphatic heterocycles. The molecule has 1 atom stereocenters. The van der Waals surface area contributed by atoms with Gasteiger partial charge in [-0.25, -0.2) is 0 Å². The number of primary amides is 1. The molecule has 0 spiro atoms. The topological polar surface area (TPSA) is 80.9 Å². The van der Waals surface area contributed by atoms with Crippen LogP contribution in [0, 0.1) is 0 Å². The minimum absolute atomic E-state index is 0.327. The average molecular weight is 315 g/mol. The molecule has 0 saturated carbocycles. The molecular weight excluding hydrogens is 304 g/mol. The molecule has 0 aliphatic carbocycles. The van der Waals surface area contributed by atoms with Gasteiger partial charge < -0.3 is 11.1 Å². The highest BCUT2D eigenvalue weighted by Gasteiger charge is 2.14. The minimum atomic E-state index is -0.371. The van der Waals surface area contributed by atoms with Crippen molar-refractivity contribution in [1.82, 2.24) is 10.2 Å². The predicted octanol–water partition coefficient (Wildman–Crippen LogP) is 2.90. The monoisotopic (exact) mass is 314 g/mol. The first-order chi connectivity index (χ1) is 9.04. The summed E-state index contributed by atoms with van der Waals surface area (Å²) < 4.78 is 0.691. The summed E-state index contributed by atoms with van der Waals surface area (Å²) in [6.07, 6.45) is 0. The van der Waals surface area contributed by atoms with E-state index >= 15 is 0 Å². The van der Waals surface area contributed by atoms with Crippen LogP contribution in [0.2, 0.25) is 5.02 Å². The highest BCUT2D eigenvalue weighted by molar-refractivity contribution is 8.02. The number of rotatable bonds is 5. The van der Waals surface area contributed by atoms with Crippen molar-refractivity contribution in [2.75, 3.05) is 5.32 Å². The Labute approximate surface area is 123 Å². The van der Waals surface area contributed by atoms with E-state index in [1.165, 1.54) is 23.1 Å². The second kappa shape index (κ2) is 6.23. The highest BCUT2D eigenvalue weighted by atomic mass is 35.5. The lowest BCUT2D eigenvalue weighted by Gasteiger charge is -2.02. The molecule has 1 aromatic carbocycles. The van der Waals surface area contributed by atoms with E-state index in [1.54, 1.807) is 19.1 Å². The standard InChI is InChI=1S/C11H11ClN4OS2/c1-6(9(13)17)18-11-16-15-10(19-11)14-8-4-2-3-7(12)5-8/h2-6H,1H3,(H2,13,17)(H,14,15)/t6-/m0/s1. The van der Waals surface area contributed by atoms with Gasteiger partial charge in [0.1, 0.15) is 0 Å². The fraction of sp³-hybridized carbons (Fsp3) is 0.182. The van der Waals surface area contributed by atoms with Crippen LogP contribution in [0.15, 0.2) is 28.6 Å². The lowest BCUT2D eigenvalue weighted by atomic mass is 10.3. The third-order valence-electron chi connectivity index (χ3n) is 2.16. The summed E-state index contributed by atoms with van der Waals surface area (Å²) in [6, 6.07) is 7.31. The Morgan fingerprint density at radius 1 is 1.53 bits per heavy atom. The van der Waals surface area contributed by atoms with Gasteiger partial charge in [-0.1, -0.05) is 40.8 Å². The molecule has 1 heterocycles. The first-order valence-corrected chi connectivity index (χ1v) is 7.44. The van der Waals surface area contributed by atoms with Crippen molar-refractivity contribution in [3.8, 4) is 0 Å². The third-order valence-corrected chi connectivity index (χ3v) is 4.44. The molecule has 100 valence electrons. The average Bonchev–Trinajstić information content (AvgIpc) is 2.76. The Hall–Kier alpha value is -1.31. The van der Waals surface area contributed by atoms with E-state index in [1.807, 2.05) is 12.1 Å². The number of nitrogens with zero attached hydrogens (tertiary/aromatic N) is 2. The van der Waals surface area contributed by atoms with E-state index in [-0.39, 0.29) is 11.2 Å². The van der Waals surface area contributed by atoms with Crippen molar-refractivity contribution in [2.24, 2.45) is 5.73 Å². The summed E-state index contributed by atoms with van der Waals surface area (Å²) in [7, 11) is 0. The number of carbonyl (C=O) groups is 1. The number of nitrogens with two attached hydrogens (primary N) is 1. The zero-order chi connectivity index (χ0) is 13.8. The van der Waals surface area contributed by atoms with Gasteiger partial charge in [0.05, 0.1) is 5.25 Å². The van der Waals surface area contributed by atoms with E-state index in [0.29, 0.717) is 14.5 Å². The van der Waals surface area contributed by atoms with Crippen LogP contribution < -0.4 is 11.1 Å². The van der Waals surface area contributed by atoms with Gasteiger partial charge in [-0.3, -0.25) is 4.79 Å². The Bertz CT molecular complexity index is 590. The maximum absolute atomic E-state index is 11.0. The van der Waals surface area contributed by atoms with Crippen molar-refractivity contribution in [1.29, 1.82) is 0 Å². The van der Waals surface area contributed by atoms with E-state index < -0.39 is 0 Å². The molecule has 0 radical (unpaired) electrons. The number of nitrogens with one attached hydrogen (secondary N) is 1. The van der Waals surface area contributed by atoms with Gasteiger partial charge >= 0.3 is 0 Å². The minimum Gasteiger partial charge on any atom is -0.369 e. The van der Waals surface area contributed by atoms with Crippen LogP contribution >= 0.6 is 34.7 Å². The van der Waals surface area contributed by atoms with Crippen molar-refractivity contribution >= 4 is 51.4 Å². The third kappa shape index (κ3) is 4.09. The number of benzene rings is 1. The Morgan fingerprint density at radius 3 is 3.00 bits per heavy atom. The molecule has 2 rings (SSSR count). The molecule has 2 aromatic rings. The number of hydrogen-bond acceptors (Lipinski definition) is 6. The molecule has 0 aliphatic rings. The SMILES string of the molecule is C[C@H](Sc1nnc(Nc2cccc(Cl)c2)s1)C(N)=O. The number of amides is 1. The predicted molar refractivity (Wildman–Crippen MR) is 79.2 cm³/mol. The summed E-state index contributed by atoms with van der Waals surface area (Å²) in [5.74, 6) is -0.371. The van der Waals surface area contributed by atoms with E-state index in [2.05, 4.69) is 15.5 Å². The summed E-state index contributed by atoms with van der Waals surface area (Å²) in [5, 5.41) is 12.0. The van der Waals surface area contributed by atoms with Crippen molar-refractivity contribution in [3.05, 3.63) is 29.3 Å². The molecule has 3 N–H and O–H groups in total. The van der Waals surface area contributed by atoms with Gasteiger partial charge in [0.25, 0.3) is 0 Å². The quantitative estimate of drug-likeness (QED) is 0.829. The summed E-state index contributed by atoms with van der Waals surface area (Å²) in [6.45, 7) is 1.73. The molecule has 1 amide bonds. The molecular formula is C11H11ClN4OS2. The number of anilines is 2. The van der Waals surface area contributed by atoms with Gasteiger partial charge in [-0.05, 0) is 25.1 Å². The maximum atomic E-state index is 11.0. The molecule has 0 bridgehead atoms.